The molecule has 2 amide bonds. The van der Waals surface area contributed by atoms with Gasteiger partial charge in [0.25, 0.3) is 0 Å². The summed E-state index contributed by atoms with van der Waals surface area (Å²) in [5, 5.41) is 15.3. The van der Waals surface area contributed by atoms with Gasteiger partial charge in [0.1, 0.15) is 23.7 Å². The van der Waals surface area contributed by atoms with E-state index in [1.807, 2.05) is 25.1 Å². The van der Waals surface area contributed by atoms with Crippen LogP contribution in [0.4, 0.5) is 5.82 Å². The minimum atomic E-state index is -0.320. The summed E-state index contributed by atoms with van der Waals surface area (Å²) in [5.74, 6) is 0.135. The summed E-state index contributed by atoms with van der Waals surface area (Å²) in [5.41, 5.74) is 2.11. The van der Waals surface area contributed by atoms with Crippen LogP contribution in [-0.4, -0.2) is 42.7 Å². The Kier molecular flexibility index (Phi) is 7.20. The number of nitrogens with one attached hydrogen (secondary N) is 2. The predicted molar refractivity (Wildman–Crippen MR) is 122 cm³/mol. The molecule has 1 aliphatic heterocycles. The number of carbonyl (C=O) groups is 2. The van der Waals surface area contributed by atoms with Gasteiger partial charge in [0.2, 0.25) is 11.8 Å². The summed E-state index contributed by atoms with van der Waals surface area (Å²) in [7, 11) is 0. The van der Waals surface area contributed by atoms with Gasteiger partial charge >= 0.3 is 0 Å². The standard InChI is InChI=1S/C25H28N4O4/c1-2-8-28-24(30)20-14-21(20)25(31)29-23-13-17(5-9-27-23)16-3-4-22(18(12-16)15-26)33-19-6-10-32-11-7-19/h3-5,9,12-13,19-21H,2,6-8,10-11,14H2,1H3,(H,28,30)(H,27,29,31)/t20-,21-/m1/s1. The number of benzene rings is 1. The van der Waals surface area contributed by atoms with Crippen LogP contribution in [0.15, 0.2) is 36.5 Å². The van der Waals surface area contributed by atoms with Crippen molar-refractivity contribution < 1.29 is 19.1 Å². The first-order chi connectivity index (χ1) is 16.1. The van der Waals surface area contributed by atoms with E-state index in [4.69, 9.17) is 9.47 Å². The van der Waals surface area contributed by atoms with Crippen LogP contribution in [0, 0.1) is 23.2 Å². The third kappa shape index (κ3) is 5.68. The molecule has 1 saturated heterocycles. The zero-order valence-corrected chi connectivity index (χ0v) is 18.7. The fourth-order valence-electron chi connectivity index (χ4n) is 3.92. The van der Waals surface area contributed by atoms with Crippen LogP contribution >= 0.6 is 0 Å². The molecule has 2 atom stereocenters. The first-order valence-corrected chi connectivity index (χ1v) is 11.4. The van der Waals surface area contributed by atoms with E-state index in [0.717, 1.165) is 30.4 Å². The van der Waals surface area contributed by atoms with Crippen LogP contribution in [0.25, 0.3) is 11.1 Å². The lowest BCUT2D eigenvalue weighted by molar-refractivity contribution is -0.125. The Morgan fingerprint density at radius 3 is 2.67 bits per heavy atom. The van der Waals surface area contributed by atoms with Gasteiger partial charge in [0, 0.05) is 25.6 Å². The van der Waals surface area contributed by atoms with Gasteiger partial charge < -0.3 is 20.1 Å². The first-order valence-electron chi connectivity index (χ1n) is 11.4. The van der Waals surface area contributed by atoms with Crippen LogP contribution < -0.4 is 15.4 Å². The number of hydrogen-bond donors (Lipinski definition) is 2. The summed E-state index contributed by atoms with van der Waals surface area (Å²) in [4.78, 5) is 28.8. The van der Waals surface area contributed by atoms with Crippen molar-refractivity contribution in [2.45, 2.75) is 38.7 Å². The number of carbonyl (C=O) groups excluding carboxylic acids is 2. The van der Waals surface area contributed by atoms with Crippen molar-refractivity contribution in [3.05, 3.63) is 42.1 Å². The molecule has 1 aromatic heterocycles. The van der Waals surface area contributed by atoms with Crippen LogP contribution in [-0.2, 0) is 14.3 Å². The smallest absolute Gasteiger partial charge is 0.229 e. The second-order valence-electron chi connectivity index (χ2n) is 8.41. The van der Waals surface area contributed by atoms with E-state index in [9.17, 15) is 14.9 Å². The van der Waals surface area contributed by atoms with Gasteiger partial charge in [-0.1, -0.05) is 13.0 Å². The minimum Gasteiger partial charge on any atom is -0.489 e. The van der Waals surface area contributed by atoms with Crippen molar-refractivity contribution in [3.63, 3.8) is 0 Å². The van der Waals surface area contributed by atoms with Gasteiger partial charge in [-0.3, -0.25) is 9.59 Å². The van der Waals surface area contributed by atoms with Crippen molar-refractivity contribution in [1.82, 2.24) is 10.3 Å². The molecule has 1 aliphatic carbocycles. The molecule has 0 bridgehead atoms. The van der Waals surface area contributed by atoms with Crippen molar-refractivity contribution in [2.75, 3.05) is 25.1 Å². The SMILES string of the molecule is CCCNC(=O)[C@@H]1C[C@H]1C(=O)Nc1cc(-c2ccc(OC3CCOCC3)c(C#N)c2)ccn1. The highest BCUT2D eigenvalue weighted by molar-refractivity contribution is 5.99. The van der Waals surface area contributed by atoms with Crippen LogP contribution in [0.3, 0.4) is 0 Å². The molecule has 2 N–H and O–H groups in total. The molecule has 4 rings (SSSR count). The molecule has 1 aromatic carbocycles. The molecule has 172 valence electrons. The van der Waals surface area contributed by atoms with E-state index < -0.39 is 0 Å². The normalized spacial score (nSPS) is 19.9. The predicted octanol–water partition coefficient (Wildman–Crippen LogP) is 3.28. The summed E-state index contributed by atoms with van der Waals surface area (Å²) < 4.78 is 11.4. The van der Waals surface area contributed by atoms with Crippen LogP contribution in [0.2, 0.25) is 0 Å². The van der Waals surface area contributed by atoms with Crippen molar-refractivity contribution >= 4 is 17.6 Å². The number of hydrogen-bond acceptors (Lipinski definition) is 6. The molecule has 8 nitrogen and oxygen atoms in total. The average molecular weight is 449 g/mol. The number of nitriles is 1. The first kappa shape index (κ1) is 22.7. The van der Waals surface area contributed by atoms with Crippen LogP contribution in [0.1, 0.15) is 38.2 Å². The third-order valence-corrected chi connectivity index (χ3v) is 5.92. The highest BCUT2D eigenvalue weighted by Crippen LogP contribution is 2.39. The van der Waals surface area contributed by atoms with Crippen molar-refractivity contribution in [1.29, 1.82) is 5.26 Å². The lowest BCUT2D eigenvalue weighted by Gasteiger charge is -2.23. The van der Waals surface area contributed by atoms with Crippen molar-refractivity contribution in [2.24, 2.45) is 11.8 Å². The Morgan fingerprint density at radius 2 is 1.91 bits per heavy atom. The highest BCUT2D eigenvalue weighted by Gasteiger charge is 2.47. The number of amides is 2. The molecule has 0 radical (unpaired) electrons. The summed E-state index contributed by atoms with van der Waals surface area (Å²) in [6, 6.07) is 11.3. The van der Waals surface area contributed by atoms with Gasteiger partial charge in [-0.05, 0) is 48.2 Å². The molecule has 2 aliphatic rings. The fraction of sp³-hybridized carbons (Fsp3) is 0.440. The number of aromatic nitrogens is 1. The van der Waals surface area contributed by atoms with E-state index >= 15 is 0 Å². The summed E-state index contributed by atoms with van der Waals surface area (Å²) in [6.45, 7) is 3.95. The van der Waals surface area contributed by atoms with Gasteiger partial charge in [0.05, 0.1) is 30.6 Å². The lowest BCUT2D eigenvalue weighted by Crippen LogP contribution is -2.28. The molecule has 0 unspecified atom stereocenters. The highest BCUT2D eigenvalue weighted by atomic mass is 16.5. The molecular weight excluding hydrogens is 420 g/mol. The molecule has 2 heterocycles. The number of ether oxygens (including phenoxy) is 2. The maximum atomic E-state index is 12.5. The maximum Gasteiger partial charge on any atom is 0.229 e. The second-order valence-corrected chi connectivity index (χ2v) is 8.41. The van der Waals surface area contributed by atoms with Gasteiger partial charge in [-0.2, -0.15) is 5.26 Å². The zero-order valence-electron chi connectivity index (χ0n) is 18.7. The van der Waals surface area contributed by atoms with Gasteiger partial charge in [0.15, 0.2) is 0 Å². The van der Waals surface area contributed by atoms with Gasteiger partial charge in [-0.25, -0.2) is 4.98 Å². The average Bonchev–Trinajstić information content (AvgIpc) is 3.65. The Balaban J connectivity index is 1.41. The topological polar surface area (TPSA) is 113 Å². The van der Waals surface area contributed by atoms with Gasteiger partial charge in [-0.15, -0.1) is 0 Å². The van der Waals surface area contributed by atoms with Crippen LogP contribution in [0.5, 0.6) is 5.75 Å². The lowest BCUT2D eigenvalue weighted by atomic mass is 10.0. The molecule has 33 heavy (non-hydrogen) atoms. The molecule has 0 spiro atoms. The Labute approximate surface area is 193 Å². The second kappa shape index (κ2) is 10.5. The number of rotatable bonds is 8. The maximum absolute atomic E-state index is 12.5. The quantitative estimate of drug-likeness (QED) is 0.641. The number of pyridine rings is 1. The molecule has 8 heteroatoms. The molecule has 2 fully saturated rings. The number of anilines is 1. The number of nitrogens with zero attached hydrogens (tertiary/aromatic N) is 2. The molecule has 2 aromatic rings. The fourth-order valence-corrected chi connectivity index (χ4v) is 3.92. The monoisotopic (exact) mass is 448 g/mol. The third-order valence-electron chi connectivity index (χ3n) is 5.92. The summed E-state index contributed by atoms with van der Waals surface area (Å²) >= 11 is 0. The van der Waals surface area contributed by atoms with E-state index in [1.54, 1.807) is 18.3 Å². The molecule has 1 saturated carbocycles. The van der Waals surface area contributed by atoms with E-state index in [0.29, 0.717) is 43.3 Å². The van der Waals surface area contributed by atoms with E-state index in [2.05, 4.69) is 21.7 Å². The zero-order chi connectivity index (χ0) is 23.2. The Morgan fingerprint density at radius 1 is 1.15 bits per heavy atom. The Bertz CT molecular complexity index is 1060. The van der Waals surface area contributed by atoms with Crippen molar-refractivity contribution in [3.8, 4) is 22.9 Å². The molecular formula is C25H28N4O4. The summed E-state index contributed by atoms with van der Waals surface area (Å²) in [6.07, 6.45) is 4.70. The minimum absolute atomic E-state index is 0.0507. The van der Waals surface area contributed by atoms with E-state index in [-0.39, 0.29) is 29.8 Å². The largest absolute Gasteiger partial charge is 0.489 e. The Hall–Kier alpha value is -3.44. The van der Waals surface area contributed by atoms with E-state index in [1.165, 1.54) is 0 Å².